The van der Waals surface area contributed by atoms with Crippen LogP contribution in [0.25, 0.3) is 0 Å². The molecule has 0 aliphatic carbocycles. The summed E-state index contributed by atoms with van der Waals surface area (Å²) in [4.78, 5) is 12.6. The average Bonchev–Trinajstić information content (AvgIpc) is 2.88. The Hall–Kier alpha value is -1.61. The number of carbonyl (C=O) groups is 1. The second kappa shape index (κ2) is 6.36. The fraction of sp³-hybridized carbons (Fsp3) is 0.267. The predicted octanol–water partition coefficient (Wildman–Crippen LogP) is 3.71. The Morgan fingerprint density at radius 1 is 1.22 bits per heavy atom. The van der Waals surface area contributed by atoms with Gasteiger partial charge in [-0.2, -0.15) is 0 Å². The molecule has 0 saturated heterocycles. The minimum Gasteiger partial charge on any atom is -0.461 e. The lowest BCUT2D eigenvalue weighted by atomic mass is 10.2. The van der Waals surface area contributed by atoms with Gasteiger partial charge in [-0.3, -0.25) is 0 Å². The summed E-state index contributed by atoms with van der Waals surface area (Å²) in [5.74, 6) is -0.196. The Morgan fingerprint density at radius 2 is 2.00 bits per heavy atom. The van der Waals surface area contributed by atoms with Crippen LogP contribution < -0.4 is 0 Å². The van der Waals surface area contributed by atoms with Crippen molar-refractivity contribution in [3.05, 3.63) is 57.8 Å². The third-order valence-corrected chi connectivity index (χ3v) is 3.72. The molecule has 1 heterocycles. The number of esters is 1. The molecule has 0 radical (unpaired) electrons. The predicted molar refractivity (Wildman–Crippen MR) is 74.1 cm³/mol. The minimum absolute atomic E-state index is 0.196. The van der Waals surface area contributed by atoms with E-state index in [1.54, 1.807) is 0 Å². The fourth-order valence-electron chi connectivity index (χ4n) is 1.76. The quantitative estimate of drug-likeness (QED) is 0.766. The van der Waals surface area contributed by atoms with Crippen LogP contribution in [0.15, 0.2) is 41.8 Å². The lowest BCUT2D eigenvalue weighted by molar-refractivity contribution is 0.0514. The molecule has 0 aliphatic heterocycles. The first-order valence-corrected chi connectivity index (χ1v) is 6.96. The molecule has 18 heavy (non-hydrogen) atoms. The Kier molecular flexibility index (Phi) is 4.53. The highest BCUT2D eigenvalue weighted by Crippen LogP contribution is 2.18. The van der Waals surface area contributed by atoms with Crippen LogP contribution in [0.3, 0.4) is 0 Å². The van der Waals surface area contributed by atoms with Crippen LogP contribution >= 0.6 is 11.3 Å². The number of benzene rings is 1. The topological polar surface area (TPSA) is 26.3 Å². The van der Waals surface area contributed by atoms with Crippen LogP contribution in [-0.4, -0.2) is 12.6 Å². The molecule has 3 heteroatoms. The number of hydrogen-bond donors (Lipinski definition) is 0. The molecular weight excluding hydrogens is 244 g/mol. The summed E-state index contributed by atoms with van der Waals surface area (Å²) in [7, 11) is 0. The third kappa shape index (κ3) is 3.20. The fourth-order valence-corrected chi connectivity index (χ4v) is 2.65. The maximum absolute atomic E-state index is 11.9. The standard InChI is InChI=1S/C15H16O2S/c1-2-13-9-11-18-14(13)15(16)17-10-8-12-6-4-3-5-7-12/h3-7,9,11H,2,8,10H2,1H3. The van der Waals surface area contributed by atoms with Crippen molar-refractivity contribution < 1.29 is 9.53 Å². The van der Waals surface area contributed by atoms with Crippen molar-refractivity contribution in [2.75, 3.05) is 6.61 Å². The molecule has 0 saturated carbocycles. The van der Waals surface area contributed by atoms with Crippen molar-refractivity contribution >= 4 is 17.3 Å². The van der Waals surface area contributed by atoms with E-state index in [9.17, 15) is 4.79 Å². The van der Waals surface area contributed by atoms with Crippen molar-refractivity contribution in [3.8, 4) is 0 Å². The Bertz CT molecular complexity index is 502. The summed E-state index contributed by atoms with van der Waals surface area (Å²) in [6, 6.07) is 12.0. The summed E-state index contributed by atoms with van der Waals surface area (Å²) in [5, 5.41) is 1.94. The monoisotopic (exact) mass is 260 g/mol. The van der Waals surface area contributed by atoms with Gasteiger partial charge in [-0.25, -0.2) is 4.79 Å². The molecule has 0 atom stereocenters. The average molecular weight is 260 g/mol. The van der Waals surface area contributed by atoms with Crippen molar-refractivity contribution in [1.29, 1.82) is 0 Å². The van der Waals surface area contributed by atoms with Gasteiger partial charge in [0, 0.05) is 6.42 Å². The highest BCUT2D eigenvalue weighted by Gasteiger charge is 2.12. The lowest BCUT2D eigenvalue weighted by Gasteiger charge is -2.05. The summed E-state index contributed by atoms with van der Waals surface area (Å²) >= 11 is 1.45. The van der Waals surface area contributed by atoms with Crippen molar-refractivity contribution in [1.82, 2.24) is 0 Å². The molecule has 0 unspecified atom stereocenters. The van der Waals surface area contributed by atoms with Gasteiger partial charge >= 0.3 is 5.97 Å². The van der Waals surface area contributed by atoms with E-state index in [0.717, 1.165) is 23.3 Å². The highest BCUT2D eigenvalue weighted by molar-refractivity contribution is 7.12. The number of hydrogen-bond acceptors (Lipinski definition) is 3. The molecule has 0 bridgehead atoms. The number of aryl methyl sites for hydroxylation is 1. The van der Waals surface area contributed by atoms with Gasteiger partial charge in [0.1, 0.15) is 4.88 Å². The lowest BCUT2D eigenvalue weighted by Crippen LogP contribution is -2.08. The van der Waals surface area contributed by atoms with Gasteiger partial charge in [0.15, 0.2) is 0 Å². The van der Waals surface area contributed by atoms with Gasteiger partial charge in [0.05, 0.1) is 6.61 Å². The molecule has 2 rings (SSSR count). The molecule has 2 aromatic rings. The van der Waals surface area contributed by atoms with Gasteiger partial charge in [0.2, 0.25) is 0 Å². The van der Waals surface area contributed by atoms with Crippen molar-refractivity contribution in [2.24, 2.45) is 0 Å². The summed E-state index contributed by atoms with van der Waals surface area (Å²) in [5.41, 5.74) is 2.26. The molecule has 0 amide bonds. The maximum atomic E-state index is 11.9. The van der Waals surface area contributed by atoms with E-state index in [1.807, 2.05) is 48.7 Å². The summed E-state index contributed by atoms with van der Waals surface area (Å²) in [6.07, 6.45) is 1.63. The van der Waals surface area contributed by atoms with Crippen LogP contribution in [0.5, 0.6) is 0 Å². The zero-order valence-corrected chi connectivity index (χ0v) is 11.2. The van der Waals surface area contributed by atoms with Crippen LogP contribution in [0.1, 0.15) is 27.7 Å². The molecule has 0 fully saturated rings. The molecular formula is C15H16O2S. The zero-order chi connectivity index (χ0) is 12.8. The molecule has 0 spiro atoms. The normalized spacial score (nSPS) is 10.3. The van der Waals surface area contributed by atoms with E-state index in [1.165, 1.54) is 16.9 Å². The first-order valence-electron chi connectivity index (χ1n) is 6.08. The van der Waals surface area contributed by atoms with E-state index >= 15 is 0 Å². The van der Waals surface area contributed by atoms with Gasteiger partial charge < -0.3 is 4.74 Å². The van der Waals surface area contributed by atoms with E-state index in [2.05, 4.69) is 0 Å². The first-order chi connectivity index (χ1) is 8.81. The SMILES string of the molecule is CCc1ccsc1C(=O)OCCc1ccccc1. The largest absolute Gasteiger partial charge is 0.461 e. The maximum Gasteiger partial charge on any atom is 0.348 e. The highest BCUT2D eigenvalue weighted by atomic mass is 32.1. The van der Waals surface area contributed by atoms with Gasteiger partial charge in [0.25, 0.3) is 0 Å². The second-order valence-corrected chi connectivity index (χ2v) is 4.92. The van der Waals surface area contributed by atoms with Crippen LogP contribution in [0.2, 0.25) is 0 Å². The van der Waals surface area contributed by atoms with Crippen molar-refractivity contribution in [2.45, 2.75) is 19.8 Å². The van der Waals surface area contributed by atoms with Crippen LogP contribution in [0, 0.1) is 0 Å². The number of ether oxygens (including phenoxy) is 1. The van der Waals surface area contributed by atoms with E-state index in [0.29, 0.717) is 6.61 Å². The molecule has 1 aromatic carbocycles. The Labute approximate surface area is 111 Å². The van der Waals surface area contributed by atoms with Gasteiger partial charge in [-0.1, -0.05) is 37.3 Å². The Morgan fingerprint density at radius 3 is 2.72 bits per heavy atom. The van der Waals surface area contributed by atoms with Gasteiger partial charge in [-0.05, 0) is 29.0 Å². The molecule has 94 valence electrons. The zero-order valence-electron chi connectivity index (χ0n) is 10.4. The van der Waals surface area contributed by atoms with E-state index < -0.39 is 0 Å². The summed E-state index contributed by atoms with van der Waals surface area (Å²) in [6.45, 7) is 2.48. The Balaban J connectivity index is 1.86. The van der Waals surface area contributed by atoms with Crippen molar-refractivity contribution in [3.63, 3.8) is 0 Å². The summed E-state index contributed by atoms with van der Waals surface area (Å²) < 4.78 is 5.30. The smallest absolute Gasteiger partial charge is 0.348 e. The molecule has 0 aliphatic rings. The van der Waals surface area contributed by atoms with Gasteiger partial charge in [-0.15, -0.1) is 11.3 Å². The first kappa shape index (κ1) is 12.8. The van der Waals surface area contributed by atoms with Crippen LogP contribution in [-0.2, 0) is 17.6 Å². The number of rotatable bonds is 5. The third-order valence-electron chi connectivity index (χ3n) is 2.78. The molecule has 2 nitrogen and oxygen atoms in total. The number of carbonyl (C=O) groups excluding carboxylic acids is 1. The van der Waals surface area contributed by atoms with E-state index in [4.69, 9.17) is 4.74 Å². The van der Waals surface area contributed by atoms with E-state index in [-0.39, 0.29) is 5.97 Å². The second-order valence-electron chi connectivity index (χ2n) is 4.00. The molecule has 1 aromatic heterocycles. The van der Waals surface area contributed by atoms with Crippen LogP contribution in [0.4, 0.5) is 0 Å². The minimum atomic E-state index is -0.196. The molecule has 0 N–H and O–H groups in total. The number of thiophene rings is 1.